The second-order valence-corrected chi connectivity index (χ2v) is 9.02. The van der Waals surface area contributed by atoms with Crippen LogP contribution in [0.2, 0.25) is 0 Å². The van der Waals surface area contributed by atoms with Gasteiger partial charge in [-0.15, -0.1) is 0 Å². The molecule has 7 heteroatoms. The summed E-state index contributed by atoms with van der Waals surface area (Å²) in [5.74, 6) is -1.39. The number of hydrogen-bond donors (Lipinski definition) is 2. The van der Waals surface area contributed by atoms with Gasteiger partial charge in [0, 0.05) is 24.4 Å². The average Bonchev–Trinajstić information content (AvgIpc) is 3.13. The van der Waals surface area contributed by atoms with Crippen molar-refractivity contribution in [1.82, 2.24) is 10.2 Å². The summed E-state index contributed by atoms with van der Waals surface area (Å²) in [6.45, 7) is 5.44. The number of unbranched alkanes of at least 4 members (excludes halogenated alkanes) is 1. The van der Waals surface area contributed by atoms with Gasteiger partial charge in [-0.25, -0.2) is 4.79 Å². The molecule has 0 spiro atoms. The van der Waals surface area contributed by atoms with Gasteiger partial charge in [-0.1, -0.05) is 68.3 Å². The van der Waals surface area contributed by atoms with Crippen LogP contribution in [0.4, 0.5) is 4.79 Å². The van der Waals surface area contributed by atoms with E-state index in [1.807, 2.05) is 31.2 Å². The molecule has 34 heavy (non-hydrogen) atoms. The van der Waals surface area contributed by atoms with E-state index in [9.17, 15) is 14.4 Å². The number of alkyl carbamates (subject to hydrolysis) is 1. The Morgan fingerprint density at radius 2 is 1.62 bits per heavy atom. The minimum atomic E-state index is -1.06. The van der Waals surface area contributed by atoms with Crippen molar-refractivity contribution in [3.63, 3.8) is 0 Å². The van der Waals surface area contributed by atoms with Gasteiger partial charge in [0.05, 0.1) is 0 Å². The lowest BCUT2D eigenvalue weighted by Crippen LogP contribution is -2.45. The zero-order valence-electron chi connectivity index (χ0n) is 20.1. The van der Waals surface area contributed by atoms with Crippen molar-refractivity contribution in [2.45, 2.75) is 64.5 Å². The molecule has 1 aliphatic rings. The van der Waals surface area contributed by atoms with E-state index < -0.39 is 18.1 Å². The highest BCUT2D eigenvalue weighted by atomic mass is 16.5. The van der Waals surface area contributed by atoms with E-state index in [2.05, 4.69) is 29.6 Å². The smallest absolute Gasteiger partial charge is 0.407 e. The van der Waals surface area contributed by atoms with Gasteiger partial charge in [0.2, 0.25) is 5.91 Å². The Hall–Kier alpha value is -3.35. The number of carboxylic acid groups (broad SMARTS) is 1. The fourth-order valence-electron chi connectivity index (χ4n) is 4.52. The largest absolute Gasteiger partial charge is 0.480 e. The Morgan fingerprint density at radius 3 is 2.15 bits per heavy atom. The summed E-state index contributed by atoms with van der Waals surface area (Å²) in [6.07, 6.45) is 1.84. The summed E-state index contributed by atoms with van der Waals surface area (Å²) in [4.78, 5) is 38.0. The minimum absolute atomic E-state index is 0.0374. The molecule has 1 aliphatic carbocycles. The average molecular weight is 467 g/mol. The molecule has 0 fully saturated rings. The predicted octanol–water partition coefficient (Wildman–Crippen LogP) is 4.80. The summed E-state index contributed by atoms with van der Waals surface area (Å²) in [5.41, 5.74) is 4.59. The van der Waals surface area contributed by atoms with Crippen molar-refractivity contribution >= 4 is 18.0 Å². The van der Waals surface area contributed by atoms with E-state index >= 15 is 0 Å². The first-order valence-electron chi connectivity index (χ1n) is 11.9. The molecule has 0 radical (unpaired) electrons. The highest BCUT2D eigenvalue weighted by Gasteiger charge is 2.30. The molecular weight excluding hydrogens is 432 g/mol. The number of benzene rings is 2. The highest BCUT2D eigenvalue weighted by Crippen LogP contribution is 2.44. The quantitative estimate of drug-likeness (QED) is 0.496. The predicted molar refractivity (Wildman–Crippen MR) is 131 cm³/mol. The third-order valence-electron chi connectivity index (χ3n) is 6.24. The van der Waals surface area contributed by atoms with Crippen LogP contribution in [0.15, 0.2) is 48.5 Å². The summed E-state index contributed by atoms with van der Waals surface area (Å²) in [6, 6.07) is 15.6. The fraction of sp³-hybridized carbons (Fsp3) is 0.444. The Bertz CT molecular complexity index is 974. The lowest BCUT2D eigenvalue weighted by atomic mass is 9.98. The molecule has 0 saturated heterocycles. The maximum absolute atomic E-state index is 12.8. The Labute approximate surface area is 201 Å². The van der Waals surface area contributed by atoms with Crippen LogP contribution >= 0.6 is 0 Å². The third-order valence-corrected chi connectivity index (χ3v) is 6.24. The van der Waals surface area contributed by atoms with Crippen molar-refractivity contribution in [3.8, 4) is 11.1 Å². The van der Waals surface area contributed by atoms with Crippen LogP contribution in [0, 0.1) is 0 Å². The van der Waals surface area contributed by atoms with Crippen LogP contribution in [0.3, 0.4) is 0 Å². The molecule has 7 nitrogen and oxygen atoms in total. The number of carbonyl (C=O) groups excluding carboxylic acids is 2. The van der Waals surface area contributed by atoms with E-state index in [0.29, 0.717) is 6.42 Å². The molecule has 0 aromatic heterocycles. The van der Waals surface area contributed by atoms with Crippen LogP contribution in [-0.4, -0.2) is 53.2 Å². The van der Waals surface area contributed by atoms with Gasteiger partial charge in [-0.3, -0.25) is 9.59 Å². The molecule has 0 saturated carbocycles. The number of carboxylic acids is 1. The molecular formula is C27H34N2O5. The van der Waals surface area contributed by atoms with Gasteiger partial charge in [-0.2, -0.15) is 0 Å². The van der Waals surface area contributed by atoms with Crippen molar-refractivity contribution < 1.29 is 24.2 Å². The zero-order valence-corrected chi connectivity index (χ0v) is 20.1. The molecule has 3 rings (SSSR count). The molecule has 1 unspecified atom stereocenters. The second-order valence-electron chi connectivity index (χ2n) is 9.02. The van der Waals surface area contributed by atoms with Crippen LogP contribution in [0.25, 0.3) is 11.1 Å². The summed E-state index contributed by atoms with van der Waals surface area (Å²) in [7, 11) is 0. The monoisotopic (exact) mass is 466 g/mol. The van der Waals surface area contributed by atoms with Gasteiger partial charge < -0.3 is 20.1 Å². The number of nitrogens with one attached hydrogen (secondary N) is 1. The maximum Gasteiger partial charge on any atom is 0.407 e. The number of nitrogens with zero attached hydrogens (tertiary/aromatic N) is 1. The number of aliphatic carboxylic acids is 1. The number of hydrogen-bond acceptors (Lipinski definition) is 4. The van der Waals surface area contributed by atoms with E-state index in [1.54, 1.807) is 13.8 Å². The summed E-state index contributed by atoms with van der Waals surface area (Å²) in [5, 5.41) is 12.0. The normalized spacial score (nSPS) is 13.2. The highest BCUT2D eigenvalue weighted by molar-refractivity contribution is 5.82. The number of carbonyl (C=O) groups is 3. The van der Waals surface area contributed by atoms with Crippen LogP contribution in [-0.2, 0) is 14.3 Å². The maximum atomic E-state index is 12.8. The van der Waals surface area contributed by atoms with Gasteiger partial charge in [0.1, 0.15) is 13.2 Å². The van der Waals surface area contributed by atoms with Crippen LogP contribution < -0.4 is 5.32 Å². The molecule has 0 bridgehead atoms. The first kappa shape index (κ1) is 25.3. The van der Waals surface area contributed by atoms with Gasteiger partial charge in [0.15, 0.2) is 0 Å². The molecule has 182 valence electrons. The van der Waals surface area contributed by atoms with Crippen LogP contribution in [0.5, 0.6) is 0 Å². The topological polar surface area (TPSA) is 95.9 Å². The number of amides is 2. The molecule has 2 N–H and O–H groups in total. The Kier molecular flexibility index (Phi) is 8.68. The van der Waals surface area contributed by atoms with Crippen molar-refractivity contribution in [1.29, 1.82) is 0 Å². The number of fused-ring (bicyclic) bond motifs is 3. The third kappa shape index (κ3) is 6.16. The van der Waals surface area contributed by atoms with E-state index in [-0.39, 0.29) is 37.4 Å². The first-order chi connectivity index (χ1) is 16.3. The van der Waals surface area contributed by atoms with Crippen LogP contribution in [0.1, 0.15) is 63.5 Å². The van der Waals surface area contributed by atoms with Gasteiger partial charge in [-0.05, 0) is 42.5 Å². The lowest BCUT2D eigenvalue weighted by Gasteiger charge is -2.27. The molecule has 2 amide bonds. The molecule has 2 aromatic rings. The van der Waals surface area contributed by atoms with Gasteiger partial charge in [0.25, 0.3) is 0 Å². The van der Waals surface area contributed by atoms with E-state index in [0.717, 1.165) is 35.1 Å². The van der Waals surface area contributed by atoms with E-state index in [4.69, 9.17) is 9.84 Å². The molecule has 0 heterocycles. The Balaban J connectivity index is 1.64. The zero-order chi connectivity index (χ0) is 24.7. The lowest BCUT2D eigenvalue weighted by molar-refractivity contribution is -0.146. The summed E-state index contributed by atoms with van der Waals surface area (Å²) >= 11 is 0. The van der Waals surface area contributed by atoms with Gasteiger partial charge >= 0.3 is 12.1 Å². The van der Waals surface area contributed by atoms with E-state index in [1.165, 1.54) is 4.90 Å². The Morgan fingerprint density at radius 1 is 1.03 bits per heavy atom. The fourth-order valence-corrected chi connectivity index (χ4v) is 4.52. The molecule has 2 aromatic carbocycles. The molecule has 0 aliphatic heterocycles. The second kappa shape index (κ2) is 11.7. The number of ether oxygens (including phenoxy) is 1. The van der Waals surface area contributed by atoms with Crippen molar-refractivity contribution in [2.75, 3.05) is 13.2 Å². The van der Waals surface area contributed by atoms with Crippen molar-refractivity contribution in [2.24, 2.45) is 0 Å². The molecule has 1 atom stereocenters. The standard InChI is InChI=1S/C27H34N2O5/c1-4-5-10-19(15-25(30)29(18(2)3)16-26(31)32)28-27(33)34-17-24-22-13-8-6-11-20(22)21-12-7-9-14-23(21)24/h6-9,11-14,18-19,24H,4-5,10,15-17H2,1-3H3,(H,28,33)(H,31,32). The van der Waals surface area contributed by atoms with Crippen molar-refractivity contribution in [3.05, 3.63) is 59.7 Å². The first-order valence-corrected chi connectivity index (χ1v) is 11.9. The summed E-state index contributed by atoms with van der Waals surface area (Å²) < 4.78 is 5.64. The SMILES string of the molecule is CCCCC(CC(=O)N(CC(=O)O)C(C)C)NC(=O)OCC1c2ccccc2-c2ccccc21. The minimum Gasteiger partial charge on any atom is -0.480 e. The number of rotatable bonds is 11.